The van der Waals surface area contributed by atoms with Gasteiger partial charge in [0.1, 0.15) is 5.75 Å². The Balaban J connectivity index is 1.77. The summed E-state index contributed by atoms with van der Waals surface area (Å²) < 4.78 is 69.6. The van der Waals surface area contributed by atoms with Crippen LogP contribution in [-0.2, 0) is 10.1 Å². The van der Waals surface area contributed by atoms with Crippen molar-refractivity contribution in [2.24, 2.45) is 0 Å². The highest BCUT2D eigenvalue weighted by atomic mass is 32.2. The zero-order valence-corrected chi connectivity index (χ0v) is 16.1. The molecule has 0 unspecified atom stereocenters. The maximum atomic E-state index is 12.4. The second-order valence-electron chi connectivity index (χ2n) is 5.91. The predicted octanol–water partition coefficient (Wildman–Crippen LogP) is 4.02. The molecule has 3 rings (SSSR count). The summed E-state index contributed by atoms with van der Waals surface area (Å²) >= 11 is 0. The van der Waals surface area contributed by atoms with Gasteiger partial charge in [-0.1, -0.05) is 24.3 Å². The third-order valence-corrected chi connectivity index (χ3v) is 4.68. The van der Waals surface area contributed by atoms with Crippen LogP contribution in [0.1, 0.15) is 5.56 Å². The molecule has 0 spiro atoms. The molecule has 1 aromatic heterocycles. The predicted molar refractivity (Wildman–Crippen MR) is 100.0 cm³/mol. The minimum Gasteiger partial charge on any atom is -0.410 e. The Kier molecular flexibility index (Phi) is 5.69. The lowest BCUT2D eigenvalue weighted by Gasteiger charge is -2.11. The Morgan fingerprint density at radius 1 is 1.10 bits per heavy atom. The Labute approximate surface area is 169 Å². The SMILES string of the molecule is Cc1ccc(-n2ccc(OS(=O)(=O)C(F)(F)F)n2)cc1NC(=O)Oc1ccccc1. The van der Waals surface area contributed by atoms with Gasteiger partial charge in [-0.25, -0.2) is 9.48 Å². The number of hydrogen-bond donors (Lipinski definition) is 1. The van der Waals surface area contributed by atoms with E-state index in [0.717, 1.165) is 10.7 Å². The van der Waals surface area contributed by atoms with Crippen LogP contribution in [0.5, 0.6) is 11.6 Å². The molecule has 0 atom stereocenters. The number of anilines is 1. The van der Waals surface area contributed by atoms with E-state index in [4.69, 9.17) is 4.74 Å². The number of halogens is 3. The smallest absolute Gasteiger partial charge is 0.410 e. The normalized spacial score (nSPS) is 11.7. The molecule has 2 aromatic carbocycles. The van der Waals surface area contributed by atoms with Crippen molar-refractivity contribution in [1.29, 1.82) is 0 Å². The van der Waals surface area contributed by atoms with Gasteiger partial charge in [0, 0.05) is 18.0 Å². The number of aryl methyl sites for hydroxylation is 1. The number of carbonyl (C=O) groups excluding carboxylic acids is 1. The van der Waals surface area contributed by atoms with Crippen molar-refractivity contribution in [2.45, 2.75) is 12.4 Å². The first kappa shape index (κ1) is 21.2. The van der Waals surface area contributed by atoms with Crippen LogP contribution in [0, 0.1) is 6.92 Å². The van der Waals surface area contributed by atoms with Crippen molar-refractivity contribution in [1.82, 2.24) is 9.78 Å². The molecule has 0 aliphatic rings. The lowest BCUT2D eigenvalue weighted by atomic mass is 10.2. The molecule has 3 aromatic rings. The van der Waals surface area contributed by atoms with E-state index in [-0.39, 0.29) is 0 Å². The fraction of sp³-hybridized carbons (Fsp3) is 0.111. The maximum Gasteiger partial charge on any atom is 0.534 e. The van der Waals surface area contributed by atoms with E-state index in [2.05, 4.69) is 14.6 Å². The Bertz CT molecular complexity index is 1160. The van der Waals surface area contributed by atoms with E-state index >= 15 is 0 Å². The van der Waals surface area contributed by atoms with Gasteiger partial charge >= 0.3 is 21.7 Å². The largest absolute Gasteiger partial charge is 0.534 e. The molecule has 30 heavy (non-hydrogen) atoms. The van der Waals surface area contributed by atoms with Crippen LogP contribution in [0.3, 0.4) is 0 Å². The van der Waals surface area contributed by atoms with Crippen molar-refractivity contribution < 1.29 is 35.3 Å². The van der Waals surface area contributed by atoms with E-state index in [1.165, 1.54) is 12.3 Å². The zero-order chi connectivity index (χ0) is 21.9. The van der Waals surface area contributed by atoms with Crippen LogP contribution in [0.15, 0.2) is 60.8 Å². The molecule has 1 amide bonds. The maximum absolute atomic E-state index is 12.4. The summed E-state index contributed by atoms with van der Waals surface area (Å²) in [5, 5.41) is 6.22. The molecule has 8 nitrogen and oxygen atoms in total. The first-order chi connectivity index (χ1) is 14.0. The van der Waals surface area contributed by atoms with Gasteiger partial charge in [0.15, 0.2) is 0 Å². The second kappa shape index (κ2) is 8.06. The van der Waals surface area contributed by atoms with Crippen LogP contribution in [0.4, 0.5) is 23.7 Å². The highest BCUT2D eigenvalue weighted by Crippen LogP contribution is 2.27. The molecule has 0 saturated heterocycles. The fourth-order valence-corrected chi connectivity index (χ4v) is 2.68. The first-order valence-corrected chi connectivity index (χ1v) is 9.67. The van der Waals surface area contributed by atoms with E-state index in [9.17, 15) is 26.4 Å². The van der Waals surface area contributed by atoms with Crippen molar-refractivity contribution in [3.05, 3.63) is 66.4 Å². The number of benzene rings is 2. The summed E-state index contributed by atoms with van der Waals surface area (Å²) in [5.41, 5.74) is -4.21. The van der Waals surface area contributed by atoms with Gasteiger partial charge in [-0.2, -0.15) is 21.6 Å². The molecule has 0 radical (unpaired) electrons. The van der Waals surface area contributed by atoms with Crippen molar-refractivity contribution in [3.63, 3.8) is 0 Å². The topological polar surface area (TPSA) is 99.5 Å². The van der Waals surface area contributed by atoms with Gasteiger partial charge in [0.05, 0.1) is 5.69 Å². The van der Waals surface area contributed by atoms with Crippen LogP contribution < -0.4 is 14.2 Å². The Hall–Kier alpha value is -3.54. The van der Waals surface area contributed by atoms with E-state index < -0.39 is 27.6 Å². The summed E-state index contributed by atoms with van der Waals surface area (Å²) in [6, 6.07) is 14.0. The minimum atomic E-state index is -5.83. The average molecular weight is 441 g/mol. The molecular weight excluding hydrogens is 427 g/mol. The van der Waals surface area contributed by atoms with Gasteiger partial charge < -0.3 is 8.92 Å². The molecule has 1 N–H and O–H groups in total. The molecule has 0 bridgehead atoms. The van der Waals surface area contributed by atoms with Gasteiger partial charge in [0.2, 0.25) is 0 Å². The van der Waals surface area contributed by atoms with Crippen molar-refractivity contribution in [2.75, 3.05) is 5.32 Å². The fourth-order valence-electron chi connectivity index (χ4n) is 2.27. The van der Waals surface area contributed by atoms with E-state index in [0.29, 0.717) is 22.7 Å². The number of nitrogens with zero attached hydrogens (tertiary/aromatic N) is 2. The van der Waals surface area contributed by atoms with Crippen LogP contribution in [0.2, 0.25) is 0 Å². The molecule has 1 heterocycles. The molecule has 0 aliphatic carbocycles. The van der Waals surface area contributed by atoms with Gasteiger partial charge in [-0.3, -0.25) is 5.32 Å². The summed E-state index contributed by atoms with van der Waals surface area (Å²) in [6.45, 7) is 1.72. The average Bonchev–Trinajstić information content (AvgIpc) is 3.11. The lowest BCUT2D eigenvalue weighted by molar-refractivity contribution is -0.0501. The summed E-state index contributed by atoms with van der Waals surface area (Å²) in [7, 11) is -5.83. The number of alkyl halides is 3. The molecule has 0 saturated carbocycles. The van der Waals surface area contributed by atoms with Crippen LogP contribution in [0.25, 0.3) is 5.69 Å². The number of amides is 1. The highest BCUT2D eigenvalue weighted by Gasteiger charge is 2.49. The number of ether oxygens (including phenoxy) is 1. The number of rotatable bonds is 5. The summed E-state index contributed by atoms with van der Waals surface area (Å²) in [6.07, 6.45) is 0.458. The van der Waals surface area contributed by atoms with Gasteiger partial charge in [-0.05, 0) is 36.8 Å². The van der Waals surface area contributed by atoms with E-state index in [1.807, 2.05) is 0 Å². The molecule has 0 aliphatic heterocycles. The summed E-state index contributed by atoms with van der Waals surface area (Å²) in [5.74, 6) is -0.422. The molecule has 0 fully saturated rings. The number of hydrogen-bond acceptors (Lipinski definition) is 6. The standard InChI is InChI=1S/C18H14F3N3O5S/c1-12-7-8-13(11-15(12)22-17(25)28-14-5-3-2-4-6-14)24-10-9-16(23-24)29-30(26,27)18(19,20)21/h2-11H,1H3,(H,22,25). The third kappa shape index (κ3) is 4.89. The Morgan fingerprint density at radius 3 is 2.47 bits per heavy atom. The monoisotopic (exact) mass is 441 g/mol. The first-order valence-electron chi connectivity index (χ1n) is 8.26. The third-order valence-electron chi connectivity index (χ3n) is 3.72. The van der Waals surface area contributed by atoms with Crippen molar-refractivity contribution in [3.8, 4) is 17.3 Å². The molecular formula is C18H14F3N3O5S. The second-order valence-corrected chi connectivity index (χ2v) is 7.45. The van der Waals surface area contributed by atoms with Gasteiger partial charge in [-0.15, -0.1) is 5.10 Å². The Morgan fingerprint density at radius 2 is 1.80 bits per heavy atom. The number of para-hydroxylation sites is 1. The zero-order valence-electron chi connectivity index (χ0n) is 15.3. The number of carbonyl (C=O) groups is 1. The van der Waals surface area contributed by atoms with Gasteiger partial charge in [0.25, 0.3) is 5.88 Å². The highest BCUT2D eigenvalue weighted by molar-refractivity contribution is 7.87. The van der Waals surface area contributed by atoms with Crippen molar-refractivity contribution >= 4 is 21.9 Å². The van der Waals surface area contributed by atoms with Crippen LogP contribution >= 0.6 is 0 Å². The summed E-state index contributed by atoms with van der Waals surface area (Å²) in [4.78, 5) is 12.1. The molecule has 12 heteroatoms. The van der Waals surface area contributed by atoms with Crippen LogP contribution in [-0.4, -0.2) is 29.8 Å². The quantitative estimate of drug-likeness (QED) is 0.474. The molecule has 158 valence electrons. The lowest BCUT2D eigenvalue weighted by Crippen LogP contribution is -2.28. The van der Waals surface area contributed by atoms with E-state index in [1.54, 1.807) is 49.4 Å². The number of aromatic nitrogens is 2. The minimum absolute atomic E-state index is 0.329. The number of nitrogens with one attached hydrogen (secondary N) is 1.